The number of benzene rings is 2. The number of esters is 1. The highest BCUT2D eigenvalue weighted by atomic mass is 35.5. The maximum Gasteiger partial charge on any atom is 0.340 e. The lowest BCUT2D eigenvalue weighted by molar-refractivity contribution is -0.139. The van der Waals surface area contributed by atoms with Crippen molar-refractivity contribution in [3.8, 4) is 5.75 Å². The van der Waals surface area contributed by atoms with Gasteiger partial charge in [-0.25, -0.2) is 4.79 Å². The van der Waals surface area contributed by atoms with Gasteiger partial charge in [-0.15, -0.1) is 0 Å². The Balaban J connectivity index is 1.88. The number of ether oxygens (including phenoxy) is 2. The summed E-state index contributed by atoms with van der Waals surface area (Å²) >= 11 is 18.1. The summed E-state index contributed by atoms with van der Waals surface area (Å²) < 4.78 is 15.5. The number of fused-ring (bicyclic) bond motifs is 1. The van der Waals surface area contributed by atoms with Gasteiger partial charge in [0, 0.05) is 17.0 Å². The van der Waals surface area contributed by atoms with Crippen LogP contribution in [0.5, 0.6) is 5.75 Å². The normalized spacial score (nSPS) is 10.8. The van der Waals surface area contributed by atoms with Crippen molar-refractivity contribution in [2.75, 3.05) is 13.7 Å². The third-order valence-corrected chi connectivity index (χ3v) is 5.52. The topological polar surface area (TPSA) is 82.8 Å². The van der Waals surface area contributed by atoms with Crippen LogP contribution in [0, 0.1) is 6.92 Å². The van der Waals surface area contributed by atoms with Crippen LogP contribution in [0.1, 0.15) is 21.5 Å². The van der Waals surface area contributed by atoms with Crippen molar-refractivity contribution in [2.24, 2.45) is 0 Å². The second-order valence-electron chi connectivity index (χ2n) is 6.37. The molecular formula is C21H15Cl3O6. The highest BCUT2D eigenvalue weighted by Crippen LogP contribution is 2.32. The molecule has 2 aromatic carbocycles. The molecule has 0 aliphatic carbocycles. The molecule has 0 N–H and O–H groups in total. The Morgan fingerprint density at radius 2 is 1.77 bits per heavy atom. The Labute approximate surface area is 186 Å². The Morgan fingerprint density at radius 3 is 2.43 bits per heavy atom. The van der Waals surface area contributed by atoms with Crippen molar-refractivity contribution in [3.05, 3.63) is 72.5 Å². The second-order valence-corrected chi connectivity index (χ2v) is 7.59. The average molecular weight is 470 g/mol. The highest BCUT2D eigenvalue weighted by Gasteiger charge is 2.18. The molecule has 1 aromatic heterocycles. The number of ketones is 1. The number of carbonyl (C=O) groups excluding carboxylic acids is 2. The summed E-state index contributed by atoms with van der Waals surface area (Å²) in [5.41, 5.74) is 0.620. The van der Waals surface area contributed by atoms with E-state index >= 15 is 0 Å². The van der Waals surface area contributed by atoms with Crippen LogP contribution < -0.4 is 10.4 Å². The maximum absolute atomic E-state index is 12.4. The van der Waals surface area contributed by atoms with Crippen LogP contribution in [0.2, 0.25) is 15.1 Å². The van der Waals surface area contributed by atoms with Crippen LogP contribution in [0.3, 0.4) is 0 Å². The summed E-state index contributed by atoms with van der Waals surface area (Å²) in [6.07, 6.45) is -0.214. The zero-order valence-corrected chi connectivity index (χ0v) is 18.2. The van der Waals surface area contributed by atoms with E-state index in [1.54, 1.807) is 13.0 Å². The molecular weight excluding hydrogens is 455 g/mol. The van der Waals surface area contributed by atoms with E-state index < -0.39 is 11.6 Å². The first kappa shape index (κ1) is 22.2. The molecule has 9 heteroatoms. The maximum atomic E-state index is 12.4. The fourth-order valence-electron chi connectivity index (χ4n) is 2.82. The van der Waals surface area contributed by atoms with E-state index in [0.29, 0.717) is 21.5 Å². The zero-order valence-electron chi connectivity index (χ0n) is 15.9. The molecule has 0 saturated carbocycles. The van der Waals surface area contributed by atoms with E-state index in [1.807, 2.05) is 0 Å². The van der Waals surface area contributed by atoms with Gasteiger partial charge < -0.3 is 13.9 Å². The molecule has 6 nitrogen and oxygen atoms in total. The highest BCUT2D eigenvalue weighted by molar-refractivity contribution is 6.42. The Morgan fingerprint density at radius 1 is 1.03 bits per heavy atom. The molecule has 0 aliphatic heterocycles. The lowest BCUT2D eigenvalue weighted by atomic mass is 10.0. The van der Waals surface area contributed by atoms with E-state index in [9.17, 15) is 14.4 Å². The minimum absolute atomic E-state index is 0.167. The molecule has 1 heterocycles. The van der Waals surface area contributed by atoms with Gasteiger partial charge in [0.2, 0.25) is 0 Å². The van der Waals surface area contributed by atoms with Crippen molar-refractivity contribution in [1.29, 1.82) is 0 Å². The summed E-state index contributed by atoms with van der Waals surface area (Å²) in [4.78, 5) is 36.2. The summed E-state index contributed by atoms with van der Waals surface area (Å²) in [6.45, 7) is 1.37. The molecule has 0 spiro atoms. The van der Waals surface area contributed by atoms with Gasteiger partial charge in [-0.3, -0.25) is 9.59 Å². The Bertz CT molecular complexity index is 1220. The standard InChI is InChI=1S/C21H15Cl3O6/c1-10-12-6-16(24)19(8-18(12)30-21(27)13(10)7-20(26)28-2)29-9-17(25)11-3-4-14(22)15(23)5-11/h3-6,8H,7,9H2,1-2H3. The van der Waals surface area contributed by atoms with Crippen LogP contribution in [0.15, 0.2) is 39.5 Å². The third-order valence-electron chi connectivity index (χ3n) is 4.49. The fraction of sp³-hybridized carbons (Fsp3) is 0.190. The van der Waals surface area contributed by atoms with Crippen LogP contribution in [-0.2, 0) is 16.0 Å². The first-order valence-corrected chi connectivity index (χ1v) is 9.78. The van der Waals surface area contributed by atoms with Crippen molar-refractivity contribution in [2.45, 2.75) is 13.3 Å². The van der Waals surface area contributed by atoms with Gasteiger partial charge in [0.1, 0.15) is 11.3 Å². The minimum atomic E-state index is -0.662. The van der Waals surface area contributed by atoms with Gasteiger partial charge >= 0.3 is 11.6 Å². The number of hydrogen-bond donors (Lipinski definition) is 0. The average Bonchev–Trinajstić information content (AvgIpc) is 2.71. The zero-order chi connectivity index (χ0) is 22.0. The van der Waals surface area contributed by atoms with Gasteiger partial charge in [-0.05, 0) is 36.8 Å². The molecule has 0 amide bonds. The number of hydrogen-bond acceptors (Lipinski definition) is 6. The Kier molecular flexibility index (Phi) is 6.71. The van der Waals surface area contributed by atoms with E-state index in [1.165, 1.54) is 31.4 Å². The third kappa shape index (κ3) is 4.61. The molecule has 3 aromatic rings. The second kappa shape index (κ2) is 9.08. The summed E-state index contributed by atoms with van der Waals surface area (Å²) in [7, 11) is 1.24. The van der Waals surface area contributed by atoms with Crippen molar-refractivity contribution >= 4 is 57.5 Å². The van der Waals surface area contributed by atoms with Crippen LogP contribution >= 0.6 is 34.8 Å². The number of carbonyl (C=O) groups is 2. The summed E-state index contributed by atoms with van der Waals surface area (Å²) in [5, 5.41) is 1.35. The molecule has 0 saturated heterocycles. The molecule has 0 radical (unpaired) electrons. The monoisotopic (exact) mass is 468 g/mol. The van der Waals surface area contributed by atoms with Crippen LogP contribution in [-0.4, -0.2) is 25.5 Å². The van der Waals surface area contributed by atoms with E-state index in [4.69, 9.17) is 44.0 Å². The summed E-state index contributed by atoms with van der Waals surface area (Å²) in [6, 6.07) is 7.48. The predicted octanol–water partition coefficient (Wildman–Crippen LogP) is 5.04. The first-order chi connectivity index (χ1) is 14.2. The van der Waals surface area contributed by atoms with E-state index in [-0.39, 0.29) is 45.8 Å². The van der Waals surface area contributed by atoms with Crippen LogP contribution in [0.4, 0.5) is 0 Å². The van der Waals surface area contributed by atoms with Crippen LogP contribution in [0.25, 0.3) is 11.0 Å². The smallest absolute Gasteiger partial charge is 0.340 e. The number of methoxy groups -OCH3 is 1. The number of halogens is 3. The molecule has 0 bridgehead atoms. The minimum Gasteiger partial charge on any atom is -0.484 e. The lowest BCUT2D eigenvalue weighted by Crippen LogP contribution is -2.16. The van der Waals surface area contributed by atoms with Gasteiger partial charge in [0.25, 0.3) is 0 Å². The van der Waals surface area contributed by atoms with Crippen molar-refractivity contribution < 1.29 is 23.5 Å². The molecule has 156 valence electrons. The SMILES string of the molecule is COC(=O)Cc1c(C)c2cc(Cl)c(OCC(=O)c3ccc(Cl)c(Cl)c3)cc2oc1=O. The molecule has 30 heavy (non-hydrogen) atoms. The molecule has 3 rings (SSSR count). The first-order valence-electron chi connectivity index (χ1n) is 8.65. The molecule has 0 aliphatic rings. The number of aryl methyl sites for hydroxylation is 1. The molecule has 0 atom stereocenters. The van der Waals surface area contributed by atoms with Gasteiger partial charge in [0.05, 0.1) is 34.2 Å². The summed E-state index contributed by atoms with van der Waals surface area (Å²) in [5.74, 6) is -0.728. The predicted molar refractivity (Wildman–Crippen MR) is 114 cm³/mol. The largest absolute Gasteiger partial charge is 0.484 e. The van der Waals surface area contributed by atoms with E-state index in [2.05, 4.69) is 4.74 Å². The quantitative estimate of drug-likeness (QED) is 0.286. The van der Waals surface area contributed by atoms with E-state index in [0.717, 1.165) is 0 Å². The molecule has 0 fully saturated rings. The molecule has 0 unspecified atom stereocenters. The van der Waals surface area contributed by atoms with Gasteiger partial charge in [-0.2, -0.15) is 0 Å². The van der Waals surface area contributed by atoms with Gasteiger partial charge in [0.15, 0.2) is 12.4 Å². The number of rotatable bonds is 6. The number of Topliss-reactive ketones (excluding diaryl/α,β-unsaturated/α-hetero) is 1. The lowest BCUT2D eigenvalue weighted by Gasteiger charge is -2.11. The fourth-order valence-corrected chi connectivity index (χ4v) is 3.33. The Hall–Kier alpha value is -2.54. The van der Waals surface area contributed by atoms with Crippen molar-refractivity contribution in [3.63, 3.8) is 0 Å². The van der Waals surface area contributed by atoms with Gasteiger partial charge in [-0.1, -0.05) is 34.8 Å². The van der Waals surface area contributed by atoms with Crippen molar-refractivity contribution in [1.82, 2.24) is 0 Å².